The molecule has 0 spiro atoms. The zero-order valence-electron chi connectivity index (χ0n) is 14.1. The van der Waals surface area contributed by atoms with Gasteiger partial charge in [-0.2, -0.15) is 10.2 Å². The maximum Gasteiger partial charge on any atom is 0.266 e. The molecule has 0 atom stereocenters. The highest BCUT2D eigenvalue weighted by Gasteiger charge is 2.04. The van der Waals surface area contributed by atoms with Crippen LogP contribution in [0.3, 0.4) is 0 Å². The Kier molecular flexibility index (Phi) is 7.73. The van der Waals surface area contributed by atoms with Crippen molar-refractivity contribution < 1.29 is 23.1 Å². The molecule has 2 N–H and O–H groups in total. The molecule has 0 unspecified atom stereocenters. The molecular formula is C18H16F2N4O3. The molecule has 0 heterocycles. The number of hydrogen-bond donors (Lipinski definition) is 2. The summed E-state index contributed by atoms with van der Waals surface area (Å²) in [5, 5.41) is 7.29. The van der Waals surface area contributed by atoms with Gasteiger partial charge in [-0.3, -0.25) is 9.59 Å². The van der Waals surface area contributed by atoms with Crippen LogP contribution in [-0.2, 0) is 14.3 Å². The molecule has 9 heteroatoms. The summed E-state index contributed by atoms with van der Waals surface area (Å²) in [5.41, 5.74) is 5.32. The van der Waals surface area contributed by atoms with E-state index in [4.69, 9.17) is 4.74 Å². The number of ether oxygens (including phenoxy) is 1. The second-order valence-corrected chi connectivity index (χ2v) is 5.19. The lowest BCUT2D eigenvalue weighted by molar-refractivity contribution is -0.130. The standard InChI is InChI=1S/C18H16F2N4O3/c19-15-5-1-3-13(7-15)9-21-23-17(25)11-27-12-18(26)24-22-10-14-4-2-6-16(20)8-14/h1-10H,11-12H2,(H,23,25)(H,24,26)/b21-9+,22-10+. The molecule has 0 aliphatic carbocycles. The lowest BCUT2D eigenvalue weighted by Crippen LogP contribution is -2.28. The fraction of sp³-hybridized carbons (Fsp3) is 0.111. The van der Waals surface area contributed by atoms with E-state index in [0.717, 1.165) is 0 Å². The average molecular weight is 374 g/mol. The van der Waals surface area contributed by atoms with E-state index >= 15 is 0 Å². The van der Waals surface area contributed by atoms with Crippen molar-refractivity contribution in [3.05, 3.63) is 71.3 Å². The third kappa shape index (κ3) is 7.97. The third-order valence-corrected chi connectivity index (χ3v) is 2.97. The molecule has 2 aromatic carbocycles. The van der Waals surface area contributed by atoms with E-state index in [-0.39, 0.29) is 0 Å². The highest BCUT2D eigenvalue weighted by molar-refractivity contribution is 5.84. The monoisotopic (exact) mass is 374 g/mol. The van der Waals surface area contributed by atoms with Gasteiger partial charge in [0.2, 0.25) is 0 Å². The van der Waals surface area contributed by atoms with Crippen molar-refractivity contribution in [2.75, 3.05) is 13.2 Å². The maximum atomic E-state index is 13.0. The number of nitrogens with one attached hydrogen (secondary N) is 2. The van der Waals surface area contributed by atoms with Crippen molar-refractivity contribution in [3.8, 4) is 0 Å². The minimum absolute atomic E-state index is 0.401. The first-order chi connectivity index (χ1) is 13.0. The Morgan fingerprint density at radius 1 is 0.852 bits per heavy atom. The average Bonchev–Trinajstić information content (AvgIpc) is 2.62. The van der Waals surface area contributed by atoms with E-state index < -0.39 is 36.7 Å². The Bertz CT molecular complexity index is 787. The molecule has 0 fully saturated rings. The van der Waals surface area contributed by atoms with Gasteiger partial charge in [0, 0.05) is 0 Å². The van der Waals surface area contributed by atoms with Gasteiger partial charge >= 0.3 is 0 Å². The van der Waals surface area contributed by atoms with Crippen molar-refractivity contribution in [2.45, 2.75) is 0 Å². The van der Waals surface area contributed by atoms with Crippen molar-refractivity contribution in [2.24, 2.45) is 10.2 Å². The van der Waals surface area contributed by atoms with E-state index in [1.54, 1.807) is 12.1 Å². The van der Waals surface area contributed by atoms with Gasteiger partial charge < -0.3 is 4.74 Å². The van der Waals surface area contributed by atoms with Gasteiger partial charge in [0.1, 0.15) is 24.8 Å². The third-order valence-electron chi connectivity index (χ3n) is 2.97. The summed E-state index contributed by atoms with van der Waals surface area (Å²) >= 11 is 0. The Morgan fingerprint density at radius 3 is 1.70 bits per heavy atom. The van der Waals surface area contributed by atoms with E-state index in [2.05, 4.69) is 21.1 Å². The van der Waals surface area contributed by atoms with Gasteiger partial charge in [0.05, 0.1) is 12.4 Å². The number of nitrogens with zero attached hydrogens (tertiary/aromatic N) is 2. The molecule has 7 nitrogen and oxygen atoms in total. The van der Waals surface area contributed by atoms with Crippen LogP contribution in [0.2, 0.25) is 0 Å². The molecule has 0 bridgehead atoms. The lowest BCUT2D eigenvalue weighted by Gasteiger charge is -2.02. The first-order valence-corrected chi connectivity index (χ1v) is 7.75. The first kappa shape index (κ1) is 19.9. The van der Waals surface area contributed by atoms with Gasteiger partial charge in [-0.25, -0.2) is 19.6 Å². The minimum atomic E-state index is -0.585. The van der Waals surface area contributed by atoms with Crippen LogP contribution in [0, 0.1) is 11.6 Å². The molecule has 2 rings (SSSR count). The zero-order chi connectivity index (χ0) is 19.5. The number of carbonyl (C=O) groups is 2. The smallest absolute Gasteiger partial charge is 0.266 e. The molecule has 2 aromatic rings. The molecule has 27 heavy (non-hydrogen) atoms. The quantitative estimate of drug-likeness (QED) is 0.543. The lowest BCUT2D eigenvalue weighted by atomic mass is 10.2. The van der Waals surface area contributed by atoms with Crippen molar-refractivity contribution >= 4 is 24.2 Å². The Morgan fingerprint density at radius 2 is 1.30 bits per heavy atom. The highest BCUT2D eigenvalue weighted by atomic mass is 19.1. The number of hydrogen-bond acceptors (Lipinski definition) is 5. The van der Waals surface area contributed by atoms with Gasteiger partial charge in [-0.15, -0.1) is 0 Å². The van der Waals surface area contributed by atoms with Crippen LogP contribution in [-0.4, -0.2) is 37.5 Å². The fourth-order valence-electron chi connectivity index (χ4n) is 1.83. The number of benzene rings is 2. The second kappa shape index (κ2) is 10.5. The molecular weight excluding hydrogens is 358 g/mol. The number of carbonyl (C=O) groups excluding carboxylic acids is 2. The van der Waals surface area contributed by atoms with Crippen molar-refractivity contribution in [1.82, 2.24) is 10.9 Å². The molecule has 140 valence electrons. The van der Waals surface area contributed by atoms with Crippen LogP contribution >= 0.6 is 0 Å². The Hall–Kier alpha value is -3.46. The van der Waals surface area contributed by atoms with Gasteiger partial charge in [-0.05, 0) is 35.4 Å². The van der Waals surface area contributed by atoms with Crippen LogP contribution in [0.15, 0.2) is 58.7 Å². The normalized spacial score (nSPS) is 11.0. The molecule has 0 saturated carbocycles. The number of halogens is 2. The summed E-state index contributed by atoms with van der Waals surface area (Å²) in [4.78, 5) is 23.0. The molecule has 2 amide bonds. The van der Waals surface area contributed by atoms with Gasteiger partial charge in [-0.1, -0.05) is 24.3 Å². The summed E-state index contributed by atoms with van der Waals surface area (Å²) < 4.78 is 30.8. The summed E-state index contributed by atoms with van der Waals surface area (Å²) in [7, 11) is 0. The molecule has 0 saturated heterocycles. The molecule has 0 aromatic heterocycles. The van der Waals surface area contributed by atoms with E-state index in [9.17, 15) is 18.4 Å². The largest absolute Gasteiger partial charge is 0.362 e. The summed E-state index contributed by atoms with van der Waals surface area (Å²) in [5.74, 6) is -2.00. The van der Waals surface area contributed by atoms with Crippen LogP contribution in [0.5, 0.6) is 0 Å². The highest BCUT2D eigenvalue weighted by Crippen LogP contribution is 2.00. The van der Waals surface area contributed by atoms with E-state index in [1.807, 2.05) is 0 Å². The molecule has 0 aliphatic rings. The number of amides is 2. The number of rotatable bonds is 8. The SMILES string of the molecule is O=C(COCC(=O)N/N=C/c1cccc(F)c1)N/N=C/c1cccc(F)c1. The predicted molar refractivity (Wildman–Crippen MR) is 95.1 cm³/mol. The predicted octanol–water partition coefficient (Wildman–Crippen LogP) is 1.58. The minimum Gasteiger partial charge on any atom is -0.362 e. The van der Waals surface area contributed by atoms with E-state index in [0.29, 0.717) is 11.1 Å². The van der Waals surface area contributed by atoms with Crippen LogP contribution < -0.4 is 10.9 Å². The van der Waals surface area contributed by atoms with E-state index in [1.165, 1.54) is 48.8 Å². The van der Waals surface area contributed by atoms with Crippen LogP contribution in [0.4, 0.5) is 8.78 Å². The van der Waals surface area contributed by atoms with Gasteiger partial charge in [0.15, 0.2) is 0 Å². The van der Waals surface area contributed by atoms with Crippen LogP contribution in [0.25, 0.3) is 0 Å². The van der Waals surface area contributed by atoms with Crippen molar-refractivity contribution in [1.29, 1.82) is 0 Å². The number of hydrazone groups is 2. The van der Waals surface area contributed by atoms with Gasteiger partial charge in [0.25, 0.3) is 11.8 Å². The Balaban J connectivity index is 1.63. The maximum absolute atomic E-state index is 13.0. The summed E-state index contributed by atoms with van der Waals surface area (Å²) in [6, 6.07) is 11.3. The second-order valence-electron chi connectivity index (χ2n) is 5.19. The molecule has 0 radical (unpaired) electrons. The summed E-state index contributed by atoms with van der Waals surface area (Å²) in [6.07, 6.45) is 2.55. The zero-order valence-corrected chi connectivity index (χ0v) is 14.1. The Labute approximate surface area is 153 Å². The topological polar surface area (TPSA) is 92.2 Å². The first-order valence-electron chi connectivity index (χ1n) is 7.75. The summed E-state index contributed by atoms with van der Waals surface area (Å²) in [6.45, 7) is -0.803. The molecule has 0 aliphatic heterocycles. The van der Waals surface area contributed by atoms with Crippen LogP contribution in [0.1, 0.15) is 11.1 Å². The van der Waals surface area contributed by atoms with Crippen molar-refractivity contribution in [3.63, 3.8) is 0 Å². The fourth-order valence-corrected chi connectivity index (χ4v) is 1.83.